The van der Waals surface area contributed by atoms with Crippen LogP contribution in [0.2, 0.25) is 0 Å². The molecule has 0 aromatic carbocycles. The highest BCUT2D eigenvalue weighted by molar-refractivity contribution is 5.91. The van der Waals surface area contributed by atoms with Crippen molar-refractivity contribution in [1.82, 2.24) is 20.3 Å². The van der Waals surface area contributed by atoms with Crippen LogP contribution in [-0.2, 0) is 4.74 Å². The predicted molar refractivity (Wildman–Crippen MR) is 104 cm³/mol. The van der Waals surface area contributed by atoms with Gasteiger partial charge in [-0.3, -0.25) is 0 Å². The fourth-order valence-electron chi connectivity index (χ4n) is 2.96. The molecule has 0 spiro atoms. The molecule has 4 rings (SSSR count). The van der Waals surface area contributed by atoms with Crippen molar-refractivity contribution >= 4 is 35.1 Å². The third kappa shape index (κ3) is 3.96. The number of nitrogens with one attached hydrogen (secondary N) is 2. The van der Waals surface area contributed by atoms with Crippen molar-refractivity contribution < 1.29 is 14.3 Å². The van der Waals surface area contributed by atoms with Crippen molar-refractivity contribution in [1.29, 1.82) is 0 Å². The molecule has 9 heteroatoms. The highest BCUT2D eigenvalue weighted by atomic mass is 35.5. The smallest absolute Gasteiger partial charge is 0.360 e. The Morgan fingerprint density at radius 3 is 2.78 bits per heavy atom. The number of halogens is 1. The number of anilines is 1. The van der Waals surface area contributed by atoms with Gasteiger partial charge in [0, 0.05) is 43.8 Å². The first-order valence-electron chi connectivity index (χ1n) is 8.39. The van der Waals surface area contributed by atoms with Gasteiger partial charge in [0.05, 0.1) is 25.2 Å². The zero-order valence-electron chi connectivity index (χ0n) is 14.8. The van der Waals surface area contributed by atoms with Crippen LogP contribution in [0.15, 0.2) is 36.8 Å². The van der Waals surface area contributed by atoms with Crippen molar-refractivity contribution in [2.45, 2.75) is 0 Å². The fraction of sp³-hybridized carbons (Fsp3) is 0.278. The monoisotopic (exact) mass is 389 g/mol. The number of rotatable bonds is 4. The Labute approximate surface area is 162 Å². The number of pyridine rings is 2. The number of methoxy groups -OCH3 is 1. The molecule has 0 unspecified atom stereocenters. The third-order valence-corrected chi connectivity index (χ3v) is 4.30. The van der Waals surface area contributed by atoms with Gasteiger partial charge in [-0.2, -0.15) is 0 Å². The van der Waals surface area contributed by atoms with Gasteiger partial charge in [-0.05, 0) is 12.1 Å². The summed E-state index contributed by atoms with van der Waals surface area (Å²) in [5.74, 6) is 0.341. The average Bonchev–Trinajstić information content (AvgIpc) is 3.16. The van der Waals surface area contributed by atoms with Crippen molar-refractivity contribution in [3.8, 4) is 11.5 Å². The Bertz CT molecular complexity index is 940. The van der Waals surface area contributed by atoms with Gasteiger partial charge in [0.25, 0.3) is 0 Å². The number of aromatic amines is 1. The Kier molecular flexibility index (Phi) is 5.78. The summed E-state index contributed by atoms with van der Waals surface area (Å²) in [5, 5.41) is 4.24. The molecule has 1 aliphatic rings. The predicted octanol–water partition coefficient (Wildman–Crippen LogP) is 2.37. The molecule has 2 N–H and O–H groups in total. The molecule has 3 aromatic heterocycles. The van der Waals surface area contributed by atoms with E-state index < -0.39 is 5.97 Å². The number of ether oxygens (including phenoxy) is 2. The quantitative estimate of drug-likeness (QED) is 0.662. The SMILES string of the molecule is COC(=O)c1ncc(N2CCNCC2)cc1Oc1cnc2[nH]ccc2c1.Cl. The first-order valence-corrected chi connectivity index (χ1v) is 8.39. The largest absolute Gasteiger partial charge is 0.464 e. The highest BCUT2D eigenvalue weighted by Crippen LogP contribution is 2.30. The van der Waals surface area contributed by atoms with Gasteiger partial charge < -0.3 is 24.7 Å². The second kappa shape index (κ2) is 8.24. The molecule has 0 bridgehead atoms. The maximum absolute atomic E-state index is 12.1. The van der Waals surface area contributed by atoms with Crippen molar-refractivity contribution in [3.05, 3.63) is 42.5 Å². The Morgan fingerprint density at radius 1 is 1.19 bits per heavy atom. The van der Waals surface area contributed by atoms with E-state index in [-0.39, 0.29) is 18.1 Å². The molecule has 27 heavy (non-hydrogen) atoms. The lowest BCUT2D eigenvalue weighted by atomic mass is 10.2. The molecule has 1 fully saturated rings. The number of carbonyl (C=O) groups excluding carboxylic acids is 1. The normalized spacial score (nSPS) is 13.9. The van der Waals surface area contributed by atoms with Gasteiger partial charge in [0.1, 0.15) is 11.4 Å². The maximum Gasteiger partial charge on any atom is 0.360 e. The molecule has 142 valence electrons. The van der Waals surface area contributed by atoms with Crippen molar-refractivity contribution in [2.24, 2.45) is 0 Å². The number of piperazine rings is 1. The molecule has 4 heterocycles. The van der Waals surface area contributed by atoms with Crippen LogP contribution in [-0.4, -0.2) is 54.2 Å². The average molecular weight is 390 g/mol. The number of hydrogen-bond donors (Lipinski definition) is 2. The van der Waals surface area contributed by atoms with Crippen LogP contribution in [0.5, 0.6) is 11.5 Å². The molecule has 1 aliphatic heterocycles. The zero-order valence-corrected chi connectivity index (χ0v) is 15.6. The van der Waals surface area contributed by atoms with Gasteiger partial charge >= 0.3 is 5.97 Å². The Hall–Kier alpha value is -2.84. The Balaban J connectivity index is 0.00000210. The molecule has 0 radical (unpaired) electrons. The number of esters is 1. The summed E-state index contributed by atoms with van der Waals surface area (Å²) in [6.07, 6.45) is 5.10. The van der Waals surface area contributed by atoms with Gasteiger partial charge in [0.2, 0.25) is 0 Å². The number of fused-ring (bicyclic) bond motifs is 1. The molecule has 0 saturated carbocycles. The zero-order chi connectivity index (χ0) is 17.9. The fourth-order valence-corrected chi connectivity index (χ4v) is 2.96. The lowest BCUT2D eigenvalue weighted by molar-refractivity contribution is 0.0591. The van der Waals surface area contributed by atoms with E-state index in [1.807, 2.05) is 24.4 Å². The van der Waals surface area contributed by atoms with E-state index >= 15 is 0 Å². The minimum absolute atomic E-state index is 0. The minimum Gasteiger partial charge on any atom is -0.464 e. The summed E-state index contributed by atoms with van der Waals surface area (Å²) < 4.78 is 10.8. The maximum atomic E-state index is 12.1. The summed E-state index contributed by atoms with van der Waals surface area (Å²) in [7, 11) is 1.32. The standard InChI is InChI=1S/C18H19N5O3.ClH/c1-25-18(24)16-15(9-13(10-21-16)23-6-4-19-5-7-23)26-14-8-12-2-3-20-17(12)22-11-14;/h2-3,8-11,19H,4-7H2,1H3,(H,20,22);1H. The van der Waals surface area contributed by atoms with E-state index in [4.69, 9.17) is 9.47 Å². The Morgan fingerprint density at radius 2 is 2.00 bits per heavy atom. The van der Waals surface area contributed by atoms with Gasteiger partial charge in [-0.1, -0.05) is 0 Å². The van der Waals surface area contributed by atoms with Crippen LogP contribution in [0, 0.1) is 0 Å². The van der Waals surface area contributed by atoms with Crippen LogP contribution in [0.25, 0.3) is 11.0 Å². The van der Waals surface area contributed by atoms with Crippen LogP contribution in [0.3, 0.4) is 0 Å². The molecule has 3 aromatic rings. The summed E-state index contributed by atoms with van der Waals surface area (Å²) in [4.78, 5) is 25.9. The molecule has 0 atom stereocenters. The van der Waals surface area contributed by atoms with E-state index in [2.05, 4.69) is 25.2 Å². The van der Waals surface area contributed by atoms with Crippen LogP contribution < -0.4 is 15.0 Å². The molecular formula is C18H20ClN5O3. The van der Waals surface area contributed by atoms with Crippen molar-refractivity contribution in [2.75, 3.05) is 38.2 Å². The molecule has 1 saturated heterocycles. The second-order valence-corrected chi connectivity index (χ2v) is 5.96. The third-order valence-electron chi connectivity index (χ3n) is 4.30. The second-order valence-electron chi connectivity index (χ2n) is 5.96. The molecule has 0 aliphatic carbocycles. The van der Waals surface area contributed by atoms with Crippen LogP contribution >= 0.6 is 12.4 Å². The van der Waals surface area contributed by atoms with E-state index in [1.165, 1.54) is 7.11 Å². The summed E-state index contributed by atoms with van der Waals surface area (Å²) in [6, 6.07) is 5.59. The van der Waals surface area contributed by atoms with Gasteiger partial charge in [0.15, 0.2) is 11.4 Å². The van der Waals surface area contributed by atoms with Crippen molar-refractivity contribution in [3.63, 3.8) is 0 Å². The number of nitrogens with zero attached hydrogens (tertiary/aromatic N) is 3. The highest BCUT2D eigenvalue weighted by Gasteiger charge is 2.20. The van der Waals surface area contributed by atoms with Gasteiger partial charge in [-0.15, -0.1) is 12.4 Å². The summed E-state index contributed by atoms with van der Waals surface area (Å²) in [6.45, 7) is 3.55. The summed E-state index contributed by atoms with van der Waals surface area (Å²) in [5.41, 5.74) is 1.82. The molecule has 8 nitrogen and oxygen atoms in total. The first-order chi connectivity index (χ1) is 12.7. The topological polar surface area (TPSA) is 92.4 Å². The van der Waals surface area contributed by atoms with Crippen LogP contribution in [0.4, 0.5) is 5.69 Å². The van der Waals surface area contributed by atoms with E-state index in [9.17, 15) is 4.79 Å². The van der Waals surface area contributed by atoms with E-state index in [1.54, 1.807) is 12.4 Å². The lowest BCUT2D eigenvalue weighted by Crippen LogP contribution is -2.43. The van der Waals surface area contributed by atoms with Gasteiger partial charge in [-0.25, -0.2) is 14.8 Å². The lowest BCUT2D eigenvalue weighted by Gasteiger charge is -2.29. The van der Waals surface area contributed by atoms with Crippen LogP contribution in [0.1, 0.15) is 10.5 Å². The van der Waals surface area contributed by atoms with E-state index in [0.717, 1.165) is 42.9 Å². The first kappa shape index (κ1) is 18.9. The number of carbonyl (C=O) groups is 1. The number of H-pyrrole nitrogens is 1. The summed E-state index contributed by atoms with van der Waals surface area (Å²) >= 11 is 0. The number of hydrogen-bond acceptors (Lipinski definition) is 7. The molecular weight excluding hydrogens is 370 g/mol. The minimum atomic E-state index is -0.539. The molecule has 0 amide bonds. The number of aromatic nitrogens is 3. The van der Waals surface area contributed by atoms with E-state index in [0.29, 0.717) is 11.5 Å².